The molecule has 1 aromatic rings. The average molecular weight is 460 g/mol. The molecule has 6 heteroatoms. The number of carbonyl (C=O) groups excluding carboxylic acids is 2. The van der Waals surface area contributed by atoms with Crippen LogP contribution in [0.25, 0.3) is 0 Å². The highest BCUT2D eigenvalue weighted by Gasteiger charge is 2.42. The first-order chi connectivity index (χ1) is 15.1. The lowest BCUT2D eigenvalue weighted by Gasteiger charge is -2.44. The first kappa shape index (κ1) is 24.8. The van der Waals surface area contributed by atoms with Gasteiger partial charge in [0.1, 0.15) is 4.88 Å². The molecule has 3 unspecified atom stereocenters. The predicted molar refractivity (Wildman–Crippen MR) is 129 cm³/mol. The van der Waals surface area contributed by atoms with Crippen molar-refractivity contribution in [1.82, 2.24) is 0 Å². The van der Waals surface area contributed by atoms with Crippen LogP contribution >= 0.6 is 11.3 Å². The van der Waals surface area contributed by atoms with Crippen molar-refractivity contribution < 1.29 is 19.4 Å². The Balaban J connectivity index is 2.06. The van der Waals surface area contributed by atoms with Gasteiger partial charge in [-0.2, -0.15) is 0 Å². The van der Waals surface area contributed by atoms with Crippen molar-refractivity contribution >= 4 is 28.9 Å². The van der Waals surface area contributed by atoms with E-state index in [1.807, 2.05) is 31.7 Å². The molecule has 32 heavy (non-hydrogen) atoms. The number of anilines is 1. The van der Waals surface area contributed by atoms with Crippen LogP contribution in [0, 0.1) is 29.1 Å². The Kier molecular flexibility index (Phi) is 8.06. The molecule has 2 aliphatic rings. The molecule has 1 saturated heterocycles. The molecule has 1 aliphatic carbocycles. The molecule has 0 spiro atoms. The highest BCUT2D eigenvalue weighted by Crippen LogP contribution is 2.42. The summed E-state index contributed by atoms with van der Waals surface area (Å²) in [6, 6.07) is 1.98. The van der Waals surface area contributed by atoms with E-state index in [1.165, 1.54) is 37.7 Å². The molecule has 3 rings (SSSR count). The minimum Gasteiger partial charge on any atom is -0.465 e. The van der Waals surface area contributed by atoms with Gasteiger partial charge in [-0.05, 0) is 71.8 Å². The molecule has 0 bridgehead atoms. The highest BCUT2D eigenvalue weighted by atomic mass is 32.1. The molecule has 0 radical (unpaired) electrons. The van der Waals surface area contributed by atoms with Crippen LogP contribution in [0.3, 0.4) is 0 Å². The molecule has 0 aromatic carbocycles. The number of hydrogen-bond donors (Lipinski definition) is 1. The van der Waals surface area contributed by atoms with E-state index in [4.69, 9.17) is 4.74 Å². The Hall–Kier alpha value is -1.84. The minimum absolute atomic E-state index is 0.0195. The number of aliphatic hydroxyl groups is 1. The topological polar surface area (TPSA) is 66.8 Å². The number of ether oxygens (including phenoxy) is 1. The van der Waals surface area contributed by atoms with Crippen LogP contribution in [0.2, 0.25) is 0 Å². The fraction of sp³-hybridized carbons (Fsp3) is 0.692. The van der Waals surface area contributed by atoms with E-state index >= 15 is 0 Å². The number of piperidine rings is 1. The third kappa shape index (κ3) is 5.94. The van der Waals surface area contributed by atoms with Gasteiger partial charge in [0.2, 0.25) is 5.91 Å². The fourth-order valence-electron chi connectivity index (χ4n) is 4.99. The Morgan fingerprint density at radius 3 is 2.53 bits per heavy atom. The normalized spacial score (nSPS) is 23.4. The SMILES string of the molecule is COC(=O)c1sc(C#CC(C)(C)C)cc1N1C(=O)C(CC(C)O)CCC1C1CCCCC1. The summed E-state index contributed by atoms with van der Waals surface area (Å²) >= 11 is 1.30. The van der Waals surface area contributed by atoms with Crippen molar-refractivity contribution in [2.45, 2.75) is 91.2 Å². The Morgan fingerprint density at radius 1 is 1.25 bits per heavy atom. The zero-order valence-corrected chi connectivity index (χ0v) is 20.9. The largest absolute Gasteiger partial charge is 0.465 e. The second-order valence-electron chi connectivity index (χ2n) is 10.3. The molecule has 5 nitrogen and oxygen atoms in total. The summed E-state index contributed by atoms with van der Waals surface area (Å²) in [5, 5.41) is 9.96. The smallest absolute Gasteiger partial charge is 0.350 e. The van der Waals surface area contributed by atoms with Crippen molar-refractivity contribution in [1.29, 1.82) is 0 Å². The van der Waals surface area contributed by atoms with E-state index in [9.17, 15) is 14.7 Å². The van der Waals surface area contributed by atoms with Gasteiger partial charge in [-0.3, -0.25) is 4.79 Å². The van der Waals surface area contributed by atoms with E-state index < -0.39 is 12.1 Å². The van der Waals surface area contributed by atoms with Gasteiger partial charge >= 0.3 is 5.97 Å². The first-order valence-electron chi connectivity index (χ1n) is 11.9. The summed E-state index contributed by atoms with van der Waals surface area (Å²) in [6.07, 6.45) is 7.46. The third-order valence-electron chi connectivity index (χ3n) is 6.45. The van der Waals surface area contributed by atoms with Gasteiger partial charge in [-0.15, -0.1) is 11.3 Å². The van der Waals surface area contributed by atoms with Gasteiger partial charge in [0, 0.05) is 17.4 Å². The van der Waals surface area contributed by atoms with E-state index in [0.717, 1.165) is 30.6 Å². The number of nitrogens with zero attached hydrogens (tertiary/aromatic N) is 1. The number of rotatable bonds is 5. The van der Waals surface area contributed by atoms with Crippen LogP contribution in [0.1, 0.15) is 93.6 Å². The van der Waals surface area contributed by atoms with E-state index in [1.54, 1.807) is 6.92 Å². The molecule has 1 aromatic heterocycles. The lowest BCUT2D eigenvalue weighted by Crippen LogP contribution is -2.52. The molecule has 3 atom stereocenters. The van der Waals surface area contributed by atoms with Crippen molar-refractivity contribution in [2.24, 2.45) is 17.3 Å². The number of esters is 1. The van der Waals surface area contributed by atoms with Crippen molar-refractivity contribution in [3.05, 3.63) is 15.8 Å². The molecule has 1 saturated carbocycles. The molecule has 1 amide bonds. The standard InChI is InChI=1S/C26H37NO4S/c1-17(28)15-19-11-12-21(18-9-7-6-8-10-18)27(24(19)29)22-16-20(13-14-26(2,3)4)32-23(22)25(30)31-5/h16-19,21,28H,6-12,15H2,1-5H3. The monoisotopic (exact) mass is 459 g/mol. The Labute approximate surface area is 196 Å². The molecule has 176 valence electrons. The summed E-state index contributed by atoms with van der Waals surface area (Å²) in [5.41, 5.74) is 0.472. The van der Waals surface area contributed by atoms with Crippen molar-refractivity contribution in [2.75, 3.05) is 12.0 Å². The van der Waals surface area contributed by atoms with Gasteiger partial charge in [-0.25, -0.2) is 4.79 Å². The van der Waals surface area contributed by atoms with E-state index in [0.29, 0.717) is 22.9 Å². The molecule has 1 aliphatic heterocycles. The summed E-state index contributed by atoms with van der Waals surface area (Å²) in [4.78, 5) is 29.5. The second-order valence-corrected chi connectivity index (χ2v) is 11.4. The molecular weight excluding hydrogens is 422 g/mol. The summed E-state index contributed by atoms with van der Waals surface area (Å²) in [6.45, 7) is 7.87. The maximum absolute atomic E-state index is 13.7. The average Bonchev–Trinajstić information content (AvgIpc) is 3.17. The minimum atomic E-state index is -0.534. The summed E-state index contributed by atoms with van der Waals surface area (Å²) in [7, 11) is 1.37. The van der Waals surface area contributed by atoms with Gasteiger partial charge in [0.05, 0.1) is 23.8 Å². The van der Waals surface area contributed by atoms with E-state index in [-0.39, 0.29) is 23.3 Å². The van der Waals surface area contributed by atoms with Crippen LogP contribution in [0.4, 0.5) is 5.69 Å². The molecule has 1 N–H and O–H groups in total. The van der Waals surface area contributed by atoms with E-state index in [2.05, 4.69) is 11.8 Å². The Bertz CT molecular complexity index is 880. The van der Waals surface area contributed by atoms with Crippen LogP contribution in [0.5, 0.6) is 0 Å². The maximum Gasteiger partial charge on any atom is 0.350 e. The summed E-state index contributed by atoms with van der Waals surface area (Å²) in [5.74, 6) is 6.23. The van der Waals surface area contributed by atoms with Crippen LogP contribution in [0.15, 0.2) is 6.07 Å². The quantitative estimate of drug-likeness (QED) is 0.473. The van der Waals surface area contributed by atoms with Gasteiger partial charge in [-0.1, -0.05) is 31.1 Å². The second kappa shape index (κ2) is 10.4. The number of hydrogen-bond acceptors (Lipinski definition) is 5. The van der Waals surface area contributed by atoms with Gasteiger partial charge < -0.3 is 14.7 Å². The summed E-state index contributed by atoms with van der Waals surface area (Å²) < 4.78 is 5.08. The number of methoxy groups -OCH3 is 1. The maximum atomic E-state index is 13.7. The van der Waals surface area contributed by atoms with Crippen molar-refractivity contribution in [3.8, 4) is 11.8 Å². The molecule has 2 heterocycles. The zero-order valence-electron chi connectivity index (χ0n) is 20.1. The third-order valence-corrected chi connectivity index (χ3v) is 7.47. The lowest BCUT2D eigenvalue weighted by atomic mass is 9.77. The Morgan fingerprint density at radius 2 is 1.94 bits per heavy atom. The predicted octanol–water partition coefficient (Wildman–Crippen LogP) is 5.40. The van der Waals surface area contributed by atoms with Crippen molar-refractivity contribution in [3.63, 3.8) is 0 Å². The van der Waals surface area contributed by atoms with Crippen LogP contribution in [-0.2, 0) is 9.53 Å². The lowest BCUT2D eigenvalue weighted by molar-refractivity contribution is -0.126. The molecule has 2 fully saturated rings. The number of amides is 1. The number of carbonyl (C=O) groups is 2. The van der Waals surface area contributed by atoms with Gasteiger partial charge in [0.15, 0.2) is 0 Å². The zero-order chi connectivity index (χ0) is 23.5. The number of thiophene rings is 1. The number of aliphatic hydroxyl groups excluding tert-OH is 1. The molecular formula is C26H37NO4S. The first-order valence-corrected chi connectivity index (χ1v) is 12.7. The highest BCUT2D eigenvalue weighted by molar-refractivity contribution is 7.15. The van der Waals surface area contributed by atoms with Gasteiger partial charge in [0.25, 0.3) is 0 Å². The van der Waals surface area contributed by atoms with Crippen LogP contribution < -0.4 is 4.90 Å². The van der Waals surface area contributed by atoms with Crippen LogP contribution in [-0.4, -0.2) is 36.2 Å². The fourth-order valence-corrected chi connectivity index (χ4v) is 5.91.